The number of piperidine rings is 1. The number of nitrogens with zero attached hydrogens (tertiary/aromatic N) is 1. The second-order valence-corrected chi connectivity index (χ2v) is 5.37. The smallest absolute Gasteiger partial charge is 0.170 e. The van der Waals surface area contributed by atoms with Crippen molar-refractivity contribution in [3.8, 4) is 11.5 Å². The lowest BCUT2D eigenvalue weighted by molar-refractivity contribution is -0.00378. The van der Waals surface area contributed by atoms with Crippen molar-refractivity contribution in [3.63, 3.8) is 0 Å². The molecule has 4 heteroatoms. The lowest BCUT2D eigenvalue weighted by atomic mass is 9.82. The van der Waals surface area contributed by atoms with Gasteiger partial charge in [-0.15, -0.1) is 0 Å². The molecule has 1 fully saturated rings. The summed E-state index contributed by atoms with van der Waals surface area (Å²) in [6.45, 7) is 1.89. The molecule has 1 N–H and O–H groups in total. The van der Waals surface area contributed by atoms with Crippen molar-refractivity contribution in [3.05, 3.63) is 23.8 Å². The minimum absolute atomic E-state index is 0.126. The molecule has 0 unspecified atom stereocenters. The third kappa shape index (κ3) is 1.86. The number of benzene rings is 1. The van der Waals surface area contributed by atoms with Gasteiger partial charge in [-0.1, -0.05) is 0 Å². The Morgan fingerprint density at radius 3 is 2.78 bits per heavy atom. The Morgan fingerprint density at radius 2 is 2.06 bits per heavy atom. The summed E-state index contributed by atoms with van der Waals surface area (Å²) in [5.41, 5.74) is 0.238. The molecule has 1 spiro atoms. The van der Waals surface area contributed by atoms with Crippen LogP contribution in [0, 0.1) is 0 Å². The number of ether oxygens (including phenoxy) is 1. The molecular formula is C14H17NO3. The summed E-state index contributed by atoms with van der Waals surface area (Å²) in [6, 6.07) is 4.73. The molecule has 3 rings (SSSR count). The van der Waals surface area contributed by atoms with Gasteiger partial charge in [0.2, 0.25) is 0 Å². The lowest BCUT2D eigenvalue weighted by Gasteiger charge is -2.43. The highest BCUT2D eigenvalue weighted by Gasteiger charge is 2.42. The van der Waals surface area contributed by atoms with Crippen LogP contribution in [0.25, 0.3) is 0 Å². The standard InChI is InChI=1S/C14H17NO3/c1-15-6-4-14(5-7-15)9-12(17)11-3-2-10(16)8-13(11)18-14/h2-3,8,16H,4-7,9H2,1H3. The van der Waals surface area contributed by atoms with Crippen molar-refractivity contribution in [2.24, 2.45) is 0 Å². The van der Waals surface area contributed by atoms with Crippen LogP contribution in [0.4, 0.5) is 0 Å². The Balaban J connectivity index is 1.93. The van der Waals surface area contributed by atoms with Crippen LogP contribution >= 0.6 is 0 Å². The van der Waals surface area contributed by atoms with Crippen molar-refractivity contribution in [2.75, 3.05) is 20.1 Å². The van der Waals surface area contributed by atoms with Crippen molar-refractivity contribution in [2.45, 2.75) is 24.9 Å². The van der Waals surface area contributed by atoms with E-state index in [9.17, 15) is 9.90 Å². The van der Waals surface area contributed by atoms with E-state index in [1.165, 1.54) is 6.07 Å². The monoisotopic (exact) mass is 247 g/mol. The fourth-order valence-electron chi connectivity index (χ4n) is 2.79. The Bertz CT molecular complexity index is 490. The van der Waals surface area contributed by atoms with Crippen molar-refractivity contribution in [1.29, 1.82) is 0 Å². The van der Waals surface area contributed by atoms with E-state index in [2.05, 4.69) is 11.9 Å². The molecule has 4 nitrogen and oxygen atoms in total. The Kier molecular flexibility index (Phi) is 2.55. The number of hydrogen-bond acceptors (Lipinski definition) is 4. The molecule has 2 aliphatic heterocycles. The number of rotatable bonds is 0. The van der Waals surface area contributed by atoms with Crippen LogP contribution in [0.1, 0.15) is 29.6 Å². The number of phenolic OH excluding ortho intramolecular Hbond substituents is 1. The number of hydrogen-bond donors (Lipinski definition) is 1. The second kappa shape index (κ2) is 3.99. The first kappa shape index (κ1) is 11.5. The highest BCUT2D eigenvalue weighted by atomic mass is 16.5. The lowest BCUT2D eigenvalue weighted by Crippen LogP contribution is -2.50. The zero-order chi connectivity index (χ0) is 12.8. The van der Waals surface area contributed by atoms with Gasteiger partial charge in [0.05, 0.1) is 12.0 Å². The van der Waals surface area contributed by atoms with Crippen LogP contribution in [0.5, 0.6) is 11.5 Å². The van der Waals surface area contributed by atoms with Crippen LogP contribution in [-0.4, -0.2) is 41.5 Å². The zero-order valence-corrected chi connectivity index (χ0v) is 10.5. The van der Waals surface area contributed by atoms with Crippen molar-refractivity contribution >= 4 is 5.78 Å². The first-order chi connectivity index (χ1) is 8.58. The first-order valence-electron chi connectivity index (χ1n) is 6.32. The highest BCUT2D eigenvalue weighted by molar-refractivity contribution is 6.00. The average molecular weight is 247 g/mol. The first-order valence-corrected chi connectivity index (χ1v) is 6.32. The molecule has 1 aromatic rings. The minimum atomic E-state index is -0.357. The molecule has 96 valence electrons. The quantitative estimate of drug-likeness (QED) is 0.759. The largest absolute Gasteiger partial charge is 0.508 e. The number of ketones is 1. The molecule has 0 saturated carbocycles. The number of fused-ring (bicyclic) bond motifs is 1. The molecule has 2 aliphatic rings. The number of phenols is 1. The fourth-order valence-corrected chi connectivity index (χ4v) is 2.79. The summed E-state index contributed by atoms with van der Waals surface area (Å²) in [7, 11) is 2.08. The van der Waals surface area contributed by atoms with E-state index < -0.39 is 0 Å². The normalized spacial score (nSPS) is 22.6. The zero-order valence-electron chi connectivity index (χ0n) is 10.5. The summed E-state index contributed by atoms with van der Waals surface area (Å²) in [5.74, 6) is 0.808. The molecule has 0 atom stereocenters. The number of likely N-dealkylation sites (tertiary alicyclic amines) is 1. The number of carbonyl (C=O) groups excluding carboxylic acids is 1. The maximum atomic E-state index is 12.2. The van der Waals surface area contributed by atoms with Gasteiger partial charge < -0.3 is 14.7 Å². The predicted molar refractivity (Wildman–Crippen MR) is 67.1 cm³/mol. The van der Waals surface area contributed by atoms with Gasteiger partial charge >= 0.3 is 0 Å². The molecule has 0 amide bonds. The summed E-state index contributed by atoms with van der Waals surface area (Å²) in [5, 5.41) is 9.50. The van der Waals surface area contributed by atoms with Crippen LogP contribution in [0.3, 0.4) is 0 Å². The topological polar surface area (TPSA) is 49.8 Å². The van der Waals surface area contributed by atoms with Gasteiger partial charge in [0.25, 0.3) is 0 Å². The van der Waals surface area contributed by atoms with Gasteiger partial charge in [0, 0.05) is 32.0 Å². The average Bonchev–Trinajstić information content (AvgIpc) is 2.33. The van der Waals surface area contributed by atoms with E-state index in [-0.39, 0.29) is 17.1 Å². The van der Waals surface area contributed by atoms with Gasteiger partial charge in [0.15, 0.2) is 5.78 Å². The van der Waals surface area contributed by atoms with Gasteiger partial charge in [-0.25, -0.2) is 0 Å². The third-order valence-electron chi connectivity index (χ3n) is 3.97. The molecule has 2 heterocycles. The van der Waals surface area contributed by atoms with Crippen LogP contribution < -0.4 is 4.74 Å². The van der Waals surface area contributed by atoms with Gasteiger partial charge in [0.1, 0.15) is 17.1 Å². The maximum absolute atomic E-state index is 12.2. The van der Waals surface area contributed by atoms with Gasteiger partial charge in [-0.3, -0.25) is 4.79 Å². The van der Waals surface area contributed by atoms with Gasteiger partial charge in [-0.05, 0) is 19.2 Å². The van der Waals surface area contributed by atoms with Crippen LogP contribution in [0.2, 0.25) is 0 Å². The van der Waals surface area contributed by atoms with E-state index in [1.54, 1.807) is 12.1 Å². The van der Waals surface area contributed by atoms with E-state index in [0.29, 0.717) is 17.7 Å². The summed E-state index contributed by atoms with van der Waals surface area (Å²) >= 11 is 0. The molecule has 1 saturated heterocycles. The molecule has 0 aromatic heterocycles. The molecular weight excluding hydrogens is 230 g/mol. The Labute approximate surface area is 106 Å². The maximum Gasteiger partial charge on any atom is 0.170 e. The van der Waals surface area contributed by atoms with Crippen LogP contribution in [0.15, 0.2) is 18.2 Å². The van der Waals surface area contributed by atoms with Crippen molar-refractivity contribution in [1.82, 2.24) is 4.90 Å². The van der Waals surface area contributed by atoms with Gasteiger partial charge in [-0.2, -0.15) is 0 Å². The Hall–Kier alpha value is -1.55. The van der Waals surface area contributed by atoms with E-state index in [4.69, 9.17) is 4.74 Å². The summed E-state index contributed by atoms with van der Waals surface area (Å²) in [4.78, 5) is 14.4. The summed E-state index contributed by atoms with van der Waals surface area (Å²) < 4.78 is 6.05. The number of aromatic hydroxyl groups is 1. The molecule has 1 aromatic carbocycles. The molecule has 0 aliphatic carbocycles. The Morgan fingerprint density at radius 1 is 1.33 bits per heavy atom. The summed E-state index contributed by atoms with van der Waals surface area (Å²) in [6.07, 6.45) is 2.19. The number of carbonyl (C=O) groups is 1. The molecule has 18 heavy (non-hydrogen) atoms. The van der Waals surface area contributed by atoms with Crippen LogP contribution in [-0.2, 0) is 0 Å². The molecule has 0 radical (unpaired) electrons. The van der Waals surface area contributed by atoms with E-state index >= 15 is 0 Å². The third-order valence-corrected chi connectivity index (χ3v) is 3.97. The fraction of sp³-hybridized carbons (Fsp3) is 0.500. The predicted octanol–water partition coefficient (Wildman–Crippen LogP) is 1.82. The number of Topliss-reactive ketones (excluding diaryl/α,β-unsaturated/α-hetero) is 1. The SMILES string of the molecule is CN1CCC2(CC1)CC(=O)c1ccc(O)cc1O2. The highest BCUT2D eigenvalue weighted by Crippen LogP contribution is 2.40. The van der Waals surface area contributed by atoms with E-state index in [0.717, 1.165) is 25.9 Å². The molecule has 0 bridgehead atoms. The van der Waals surface area contributed by atoms with E-state index in [1.807, 2.05) is 0 Å². The second-order valence-electron chi connectivity index (χ2n) is 5.37. The minimum Gasteiger partial charge on any atom is -0.508 e. The van der Waals surface area contributed by atoms with Crippen molar-refractivity contribution < 1.29 is 14.6 Å².